The lowest BCUT2D eigenvalue weighted by molar-refractivity contribution is -0.862. The maximum absolute atomic E-state index is 13.7. The van der Waals surface area contributed by atoms with E-state index < -0.39 is 52.6 Å². The molecule has 2 aromatic carbocycles. The predicted octanol–water partition coefficient (Wildman–Crippen LogP) is 1.71. The van der Waals surface area contributed by atoms with Gasteiger partial charge in [-0.3, -0.25) is 9.59 Å². The fourth-order valence-electron chi connectivity index (χ4n) is 2.65. The SMILES string of the molecule is C[C@H](NC(=O)C[NH+](C)CC(=O)Nc1ccc(F)c(F)c1F)c1ccc(F)cc1F. The average Bonchev–Trinajstić information content (AvgIpc) is 2.61. The highest BCUT2D eigenvalue weighted by Gasteiger charge is 2.20. The lowest BCUT2D eigenvalue weighted by atomic mass is 10.1. The van der Waals surface area contributed by atoms with Gasteiger partial charge in [0.1, 0.15) is 11.6 Å². The second-order valence-corrected chi connectivity index (χ2v) is 6.54. The first-order valence-corrected chi connectivity index (χ1v) is 8.57. The second kappa shape index (κ2) is 9.46. The number of amides is 2. The van der Waals surface area contributed by atoms with E-state index in [1.807, 2.05) is 0 Å². The number of halogens is 5. The number of hydrogen-bond donors (Lipinski definition) is 3. The van der Waals surface area contributed by atoms with Crippen molar-refractivity contribution >= 4 is 17.5 Å². The standard InChI is InChI=1S/C19H18F5N3O2/c1-10(12-4-3-11(20)7-14(12)22)25-16(28)8-27(2)9-17(29)26-15-6-5-13(21)18(23)19(15)24/h3-7,10H,8-9H2,1-2H3,(H,25,28)(H,26,29)/p+1/t10-/m0/s1. The molecule has 0 fully saturated rings. The Bertz CT molecular complexity index is 923. The fraction of sp³-hybridized carbons (Fsp3) is 0.263. The maximum atomic E-state index is 13.7. The van der Waals surface area contributed by atoms with Gasteiger partial charge in [0.05, 0.1) is 18.8 Å². The summed E-state index contributed by atoms with van der Waals surface area (Å²) in [6.07, 6.45) is 0. The summed E-state index contributed by atoms with van der Waals surface area (Å²) in [5.41, 5.74) is -0.421. The minimum atomic E-state index is -1.70. The molecule has 0 bridgehead atoms. The third kappa shape index (κ3) is 5.98. The topological polar surface area (TPSA) is 62.6 Å². The molecule has 29 heavy (non-hydrogen) atoms. The molecule has 0 aliphatic carbocycles. The molecule has 2 rings (SSSR count). The van der Waals surface area contributed by atoms with Gasteiger partial charge >= 0.3 is 0 Å². The number of nitrogens with one attached hydrogen (secondary N) is 3. The van der Waals surface area contributed by atoms with Gasteiger partial charge in [0, 0.05) is 11.6 Å². The number of rotatable bonds is 7. The number of likely N-dealkylation sites (N-methyl/N-ethyl adjacent to an activating group) is 1. The Morgan fingerprint density at radius 2 is 1.59 bits per heavy atom. The van der Waals surface area contributed by atoms with Crippen LogP contribution >= 0.6 is 0 Å². The average molecular weight is 416 g/mol. The van der Waals surface area contributed by atoms with Crippen LogP contribution in [0.1, 0.15) is 18.5 Å². The van der Waals surface area contributed by atoms with Gasteiger partial charge in [0.25, 0.3) is 11.8 Å². The zero-order valence-electron chi connectivity index (χ0n) is 15.6. The Kier molecular flexibility index (Phi) is 7.27. The Labute approximate surface area is 163 Å². The summed E-state index contributed by atoms with van der Waals surface area (Å²) < 4.78 is 66.4. The van der Waals surface area contributed by atoms with E-state index in [1.54, 1.807) is 0 Å². The molecule has 5 nitrogen and oxygen atoms in total. The molecule has 0 aliphatic heterocycles. The lowest BCUT2D eigenvalue weighted by Crippen LogP contribution is -3.11. The summed E-state index contributed by atoms with van der Waals surface area (Å²) in [5, 5.41) is 4.63. The Balaban J connectivity index is 1.88. The monoisotopic (exact) mass is 416 g/mol. The predicted molar refractivity (Wildman–Crippen MR) is 94.5 cm³/mol. The molecule has 0 heterocycles. The van der Waals surface area contributed by atoms with Crippen LogP contribution in [-0.4, -0.2) is 32.0 Å². The molecule has 0 aromatic heterocycles. The van der Waals surface area contributed by atoms with Crippen molar-refractivity contribution < 1.29 is 36.4 Å². The summed E-state index contributed by atoms with van der Waals surface area (Å²) in [6.45, 7) is 1.06. The van der Waals surface area contributed by atoms with Crippen molar-refractivity contribution in [1.82, 2.24) is 5.32 Å². The summed E-state index contributed by atoms with van der Waals surface area (Å²) >= 11 is 0. The number of hydrogen-bond acceptors (Lipinski definition) is 2. The van der Waals surface area contributed by atoms with Crippen molar-refractivity contribution in [3.8, 4) is 0 Å². The number of anilines is 1. The largest absolute Gasteiger partial charge is 0.345 e. The highest BCUT2D eigenvalue weighted by Crippen LogP contribution is 2.19. The number of carbonyl (C=O) groups excluding carboxylic acids is 2. The highest BCUT2D eigenvalue weighted by molar-refractivity contribution is 5.91. The zero-order valence-corrected chi connectivity index (χ0v) is 15.6. The van der Waals surface area contributed by atoms with Crippen LogP contribution in [-0.2, 0) is 9.59 Å². The van der Waals surface area contributed by atoms with Crippen LogP contribution < -0.4 is 15.5 Å². The van der Waals surface area contributed by atoms with Crippen LogP contribution in [0.4, 0.5) is 27.6 Å². The molecule has 2 atom stereocenters. The van der Waals surface area contributed by atoms with Gasteiger partial charge in [0.15, 0.2) is 30.5 Å². The summed E-state index contributed by atoms with van der Waals surface area (Å²) in [7, 11) is 1.50. The lowest BCUT2D eigenvalue weighted by Gasteiger charge is -2.18. The molecule has 1 unspecified atom stereocenters. The van der Waals surface area contributed by atoms with Gasteiger partial charge in [0.2, 0.25) is 0 Å². The van der Waals surface area contributed by atoms with E-state index in [0.717, 1.165) is 12.1 Å². The van der Waals surface area contributed by atoms with Crippen molar-refractivity contribution in [3.63, 3.8) is 0 Å². The van der Waals surface area contributed by atoms with Crippen LogP contribution in [0.2, 0.25) is 0 Å². The van der Waals surface area contributed by atoms with Crippen LogP contribution in [0, 0.1) is 29.1 Å². The van der Waals surface area contributed by atoms with Gasteiger partial charge in [-0.05, 0) is 25.1 Å². The number of quaternary nitrogens is 1. The normalized spacial score (nSPS) is 12.9. The molecule has 10 heteroatoms. The third-order valence-electron chi connectivity index (χ3n) is 4.04. The van der Waals surface area contributed by atoms with Crippen molar-refractivity contribution in [2.75, 3.05) is 25.5 Å². The first-order chi connectivity index (χ1) is 13.6. The van der Waals surface area contributed by atoms with E-state index in [4.69, 9.17) is 0 Å². The van der Waals surface area contributed by atoms with Gasteiger partial charge in [-0.2, -0.15) is 0 Å². The molecule has 2 amide bonds. The maximum Gasteiger partial charge on any atom is 0.279 e. The molecule has 2 aromatic rings. The van der Waals surface area contributed by atoms with Crippen LogP contribution in [0.5, 0.6) is 0 Å². The van der Waals surface area contributed by atoms with E-state index in [-0.39, 0.29) is 18.7 Å². The second-order valence-electron chi connectivity index (χ2n) is 6.54. The van der Waals surface area contributed by atoms with Crippen LogP contribution in [0.3, 0.4) is 0 Å². The molecule has 0 spiro atoms. The zero-order chi connectivity index (χ0) is 21.7. The Morgan fingerprint density at radius 3 is 2.24 bits per heavy atom. The van der Waals surface area contributed by atoms with E-state index in [0.29, 0.717) is 17.0 Å². The molecular weight excluding hydrogens is 397 g/mol. The summed E-state index contributed by atoms with van der Waals surface area (Å²) in [4.78, 5) is 24.4. The first-order valence-electron chi connectivity index (χ1n) is 8.57. The third-order valence-corrected chi connectivity index (χ3v) is 4.04. The molecule has 0 saturated carbocycles. The van der Waals surface area contributed by atoms with E-state index in [2.05, 4.69) is 10.6 Å². The Hall–Kier alpha value is -3.01. The molecule has 156 valence electrons. The molecule has 0 saturated heterocycles. The number of carbonyl (C=O) groups is 2. The first kappa shape index (κ1) is 22.3. The van der Waals surface area contributed by atoms with E-state index >= 15 is 0 Å². The molecule has 3 N–H and O–H groups in total. The summed E-state index contributed by atoms with van der Waals surface area (Å²) in [6, 6.07) is 3.81. The fourth-order valence-corrected chi connectivity index (χ4v) is 2.65. The van der Waals surface area contributed by atoms with Crippen molar-refractivity contribution in [2.24, 2.45) is 0 Å². The van der Waals surface area contributed by atoms with E-state index in [9.17, 15) is 31.5 Å². The summed E-state index contributed by atoms with van der Waals surface area (Å²) in [5.74, 6) is -7.38. The molecular formula is C19H19F5N3O2+. The quantitative estimate of drug-likeness (QED) is 0.476. The van der Waals surface area contributed by atoms with Crippen molar-refractivity contribution in [3.05, 3.63) is 65.0 Å². The van der Waals surface area contributed by atoms with Crippen LogP contribution in [0.25, 0.3) is 0 Å². The van der Waals surface area contributed by atoms with Crippen molar-refractivity contribution in [1.29, 1.82) is 0 Å². The van der Waals surface area contributed by atoms with Crippen LogP contribution in [0.15, 0.2) is 30.3 Å². The Morgan fingerprint density at radius 1 is 0.931 bits per heavy atom. The van der Waals surface area contributed by atoms with Gasteiger partial charge < -0.3 is 15.5 Å². The minimum absolute atomic E-state index is 0.101. The smallest absolute Gasteiger partial charge is 0.279 e. The highest BCUT2D eigenvalue weighted by atomic mass is 19.2. The van der Waals surface area contributed by atoms with Gasteiger partial charge in [-0.25, -0.2) is 22.0 Å². The van der Waals surface area contributed by atoms with E-state index in [1.165, 1.54) is 20.0 Å². The van der Waals surface area contributed by atoms with Gasteiger partial charge in [-0.15, -0.1) is 0 Å². The van der Waals surface area contributed by atoms with Gasteiger partial charge in [-0.1, -0.05) is 6.07 Å². The number of benzene rings is 2. The molecule has 0 aliphatic rings. The minimum Gasteiger partial charge on any atom is -0.345 e. The van der Waals surface area contributed by atoms with Crippen molar-refractivity contribution in [2.45, 2.75) is 13.0 Å². The molecule has 0 radical (unpaired) electrons.